The summed E-state index contributed by atoms with van der Waals surface area (Å²) in [7, 11) is -1.92. The first-order valence-electron chi connectivity index (χ1n) is 9.86. The van der Waals surface area contributed by atoms with Gasteiger partial charge >= 0.3 is 0 Å². The zero-order valence-electron chi connectivity index (χ0n) is 17.2. The number of amides is 1. The molecule has 3 heterocycles. The van der Waals surface area contributed by atoms with Crippen LogP contribution in [-0.2, 0) is 21.9 Å². The van der Waals surface area contributed by atoms with E-state index in [2.05, 4.69) is 15.4 Å². The standard InChI is InChI=1S/C20H23ClN6O3S/c1-14-23-19(13-25(14)2)31(29,30)26-10-6-15(7-11-26)20(28)24-17-12-16(21)4-5-18(17)27-9-3-8-22-27/h3-5,8-9,12-13,15H,6-7,10-11H2,1-2H3,(H,24,28). The van der Waals surface area contributed by atoms with Crippen molar-refractivity contribution in [1.82, 2.24) is 23.6 Å². The summed E-state index contributed by atoms with van der Waals surface area (Å²) < 4.78 is 30.4. The highest BCUT2D eigenvalue weighted by molar-refractivity contribution is 7.89. The van der Waals surface area contributed by atoms with E-state index in [0.29, 0.717) is 35.1 Å². The number of nitrogens with one attached hydrogen (secondary N) is 1. The van der Waals surface area contributed by atoms with Crippen molar-refractivity contribution in [3.05, 3.63) is 53.7 Å². The number of aromatic nitrogens is 4. The Bertz CT molecular complexity index is 1180. The second-order valence-electron chi connectivity index (χ2n) is 7.52. The first-order chi connectivity index (χ1) is 14.8. The van der Waals surface area contributed by atoms with Gasteiger partial charge in [-0.15, -0.1) is 0 Å². The van der Waals surface area contributed by atoms with E-state index in [0.717, 1.165) is 0 Å². The monoisotopic (exact) mass is 462 g/mol. The fourth-order valence-corrected chi connectivity index (χ4v) is 5.26. The van der Waals surface area contributed by atoms with Crippen molar-refractivity contribution in [2.45, 2.75) is 24.8 Å². The van der Waals surface area contributed by atoms with Gasteiger partial charge in [0.25, 0.3) is 10.0 Å². The van der Waals surface area contributed by atoms with Gasteiger partial charge in [0.15, 0.2) is 5.03 Å². The van der Waals surface area contributed by atoms with E-state index < -0.39 is 10.0 Å². The molecule has 0 atom stereocenters. The third-order valence-corrected chi connectivity index (χ3v) is 7.49. The smallest absolute Gasteiger partial charge is 0.262 e. The average Bonchev–Trinajstić information content (AvgIpc) is 3.39. The fourth-order valence-electron chi connectivity index (χ4n) is 3.60. The Morgan fingerprint density at radius 2 is 2.00 bits per heavy atom. The summed E-state index contributed by atoms with van der Waals surface area (Å²) >= 11 is 6.13. The van der Waals surface area contributed by atoms with Gasteiger partial charge in [0.1, 0.15) is 5.82 Å². The number of piperidine rings is 1. The van der Waals surface area contributed by atoms with E-state index >= 15 is 0 Å². The maximum atomic E-state index is 12.9. The number of benzene rings is 1. The highest BCUT2D eigenvalue weighted by Crippen LogP contribution is 2.28. The number of hydrogen-bond donors (Lipinski definition) is 1. The average molecular weight is 463 g/mol. The number of imidazole rings is 1. The van der Waals surface area contributed by atoms with E-state index in [9.17, 15) is 13.2 Å². The molecule has 0 unspecified atom stereocenters. The van der Waals surface area contributed by atoms with Crippen molar-refractivity contribution >= 4 is 33.2 Å². The number of rotatable bonds is 5. The third-order valence-electron chi connectivity index (χ3n) is 5.48. The molecule has 2 aromatic heterocycles. The molecular formula is C20H23ClN6O3S. The highest BCUT2D eigenvalue weighted by Gasteiger charge is 2.33. The zero-order chi connectivity index (χ0) is 22.2. The topological polar surface area (TPSA) is 102 Å². The molecule has 1 aliphatic heterocycles. The summed E-state index contributed by atoms with van der Waals surface area (Å²) in [5.74, 6) is 0.158. The number of carbonyl (C=O) groups is 1. The number of hydrogen-bond acceptors (Lipinski definition) is 5. The molecule has 1 fully saturated rings. The lowest BCUT2D eigenvalue weighted by Crippen LogP contribution is -2.41. The highest BCUT2D eigenvalue weighted by atomic mass is 35.5. The number of halogens is 1. The quantitative estimate of drug-likeness (QED) is 0.627. The number of nitrogens with zero attached hydrogens (tertiary/aromatic N) is 5. The lowest BCUT2D eigenvalue weighted by Gasteiger charge is -2.30. The predicted octanol–water partition coefficient (Wildman–Crippen LogP) is 2.61. The number of aryl methyl sites for hydroxylation is 2. The Balaban J connectivity index is 1.44. The minimum absolute atomic E-state index is 0.0400. The van der Waals surface area contributed by atoms with Crippen LogP contribution in [0.5, 0.6) is 0 Å². The van der Waals surface area contributed by atoms with Crippen molar-refractivity contribution in [3.63, 3.8) is 0 Å². The van der Waals surface area contributed by atoms with Gasteiger partial charge in [0.05, 0.1) is 11.4 Å². The van der Waals surface area contributed by atoms with Crippen LogP contribution in [0.25, 0.3) is 5.69 Å². The Labute approximate surface area is 185 Å². The molecule has 4 rings (SSSR count). The third kappa shape index (κ3) is 4.36. The van der Waals surface area contributed by atoms with E-state index in [1.807, 2.05) is 0 Å². The van der Waals surface area contributed by atoms with Crippen LogP contribution < -0.4 is 5.32 Å². The Morgan fingerprint density at radius 1 is 1.26 bits per heavy atom. The van der Waals surface area contributed by atoms with Crippen LogP contribution in [0.3, 0.4) is 0 Å². The lowest BCUT2D eigenvalue weighted by atomic mass is 9.97. The summed E-state index contributed by atoms with van der Waals surface area (Å²) in [6.45, 7) is 2.28. The fraction of sp³-hybridized carbons (Fsp3) is 0.350. The molecule has 164 valence electrons. The van der Waals surface area contributed by atoms with E-state index in [-0.39, 0.29) is 29.9 Å². The van der Waals surface area contributed by atoms with Crippen LogP contribution in [0.2, 0.25) is 5.02 Å². The second-order valence-corrected chi connectivity index (χ2v) is 9.84. The van der Waals surface area contributed by atoms with E-state index in [4.69, 9.17) is 11.6 Å². The number of sulfonamides is 1. The minimum atomic E-state index is -3.67. The van der Waals surface area contributed by atoms with Gasteiger partial charge in [0.2, 0.25) is 5.91 Å². The maximum Gasteiger partial charge on any atom is 0.262 e. The van der Waals surface area contributed by atoms with Crippen LogP contribution in [0, 0.1) is 12.8 Å². The normalized spacial score (nSPS) is 15.8. The molecule has 31 heavy (non-hydrogen) atoms. The summed E-state index contributed by atoms with van der Waals surface area (Å²) in [6, 6.07) is 6.99. The van der Waals surface area contributed by atoms with Crippen molar-refractivity contribution in [3.8, 4) is 5.69 Å². The molecule has 9 nitrogen and oxygen atoms in total. The molecule has 1 aromatic carbocycles. The molecule has 0 aliphatic carbocycles. The van der Waals surface area contributed by atoms with Crippen LogP contribution in [-0.4, -0.2) is 51.1 Å². The Kier molecular flexibility index (Phi) is 5.87. The van der Waals surface area contributed by atoms with Crippen molar-refractivity contribution in [2.24, 2.45) is 13.0 Å². The maximum absolute atomic E-state index is 12.9. The van der Waals surface area contributed by atoms with Crippen LogP contribution in [0.1, 0.15) is 18.7 Å². The summed E-state index contributed by atoms with van der Waals surface area (Å²) in [5.41, 5.74) is 1.26. The summed E-state index contributed by atoms with van der Waals surface area (Å²) in [4.78, 5) is 17.1. The van der Waals surface area contributed by atoms with Crippen LogP contribution in [0.15, 0.2) is 47.9 Å². The molecule has 3 aromatic rings. The van der Waals surface area contributed by atoms with E-state index in [1.54, 1.807) is 59.9 Å². The lowest BCUT2D eigenvalue weighted by molar-refractivity contribution is -0.120. The molecule has 0 radical (unpaired) electrons. The Hall–Kier alpha value is -2.69. The van der Waals surface area contributed by atoms with Crippen molar-refractivity contribution in [2.75, 3.05) is 18.4 Å². The predicted molar refractivity (Wildman–Crippen MR) is 117 cm³/mol. The zero-order valence-corrected chi connectivity index (χ0v) is 18.8. The van der Waals surface area contributed by atoms with Gasteiger partial charge in [-0.3, -0.25) is 4.79 Å². The van der Waals surface area contributed by atoms with Crippen LogP contribution in [0.4, 0.5) is 5.69 Å². The largest absolute Gasteiger partial charge is 0.337 e. The SMILES string of the molecule is Cc1nc(S(=O)(=O)N2CCC(C(=O)Nc3cc(Cl)ccc3-n3cccn3)CC2)cn1C. The summed E-state index contributed by atoms with van der Waals surface area (Å²) in [5, 5.41) is 7.69. The second kappa shape index (κ2) is 8.45. The van der Waals surface area contributed by atoms with Crippen molar-refractivity contribution in [1.29, 1.82) is 0 Å². The van der Waals surface area contributed by atoms with Gasteiger partial charge in [-0.1, -0.05) is 11.6 Å². The van der Waals surface area contributed by atoms with Crippen molar-refractivity contribution < 1.29 is 13.2 Å². The van der Waals surface area contributed by atoms with Crippen LogP contribution >= 0.6 is 11.6 Å². The van der Waals surface area contributed by atoms with Gasteiger partial charge in [-0.2, -0.15) is 9.40 Å². The van der Waals surface area contributed by atoms with Gasteiger partial charge in [-0.05, 0) is 44.0 Å². The molecule has 0 saturated carbocycles. The molecule has 1 N–H and O–H groups in total. The molecule has 1 amide bonds. The van der Waals surface area contributed by atoms with Gasteiger partial charge in [0, 0.05) is 49.7 Å². The first kappa shape index (κ1) is 21.5. The van der Waals surface area contributed by atoms with E-state index in [1.165, 1.54) is 10.5 Å². The molecule has 1 saturated heterocycles. The molecular weight excluding hydrogens is 440 g/mol. The molecule has 11 heteroatoms. The molecule has 0 bridgehead atoms. The molecule has 1 aliphatic rings. The summed E-state index contributed by atoms with van der Waals surface area (Å²) in [6.07, 6.45) is 5.80. The van der Waals surface area contributed by atoms with Gasteiger partial charge < -0.3 is 9.88 Å². The molecule has 0 spiro atoms. The number of anilines is 1. The minimum Gasteiger partial charge on any atom is -0.337 e. The van der Waals surface area contributed by atoms with Gasteiger partial charge in [-0.25, -0.2) is 18.1 Å². The number of carbonyl (C=O) groups excluding carboxylic acids is 1. The Morgan fingerprint density at radius 3 is 2.61 bits per heavy atom. The first-order valence-corrected chi connectivity index (χ1v) is 11.7.